The zero-order valence-corrected chi connectivity index (χ0v) is 8.64. The van der Waals surface area contributed by atoms with Crippen LogP contribution in [0.5, 0.6) is 0 Å². The normalized spacial score (nSPS) is 32.2. The summed E-state index contributed by atoms with van der Waals surface area (Å²) in [7, 11) is 0. The molecular formula is C9H18O2S. The summed E-state index contributed by atoms with van der Waals surface area (Å²) in [6.45, 7) is 5.42. The highest BCUT2D eigenvalue weighted by Crippen LogP contribution is 2.27. The first kappa shape index (κ1) is 10.4. The first-order valence-electron chi connectivity index (χ1n) is 4.58. The molecule has 1 N–H and O–H groups in total. The molecule has 2 nitrogen and oxygen atoms in total. The molecule has 0 amide bonds. The van der Waals surface area contributed by atoms with Crippen LogP contribution in [-0.2, 0) is 4.74 Å². The largest absolute Gasteiger partial charge is 0.396 e. The fourth-order valence-electron chi connectivity index (χ4n) is 1.27. The van der Waals surface area contributed by atoms with Crippen molar-refractivity contribution in [3.8, 4) is 0 Å². The lowest BCUT2D eigenvalue weighted by Gasteiger charge is -2.15. The molecule has 3 unspecified atom stereocenters. The van der Waals surface area contributed by atoms with Crippen LogP contribution >= 0.6 is 11.8 Å². The number of thioether (sulfide) groups is 1. The van der Waals surface area contributed by atoms with Crippen LogP contribution in [0.3, 0.4) is 0 Å². The van der Waals surface area contributed by atoms with E-state index in [0.29, 0.717) is 23.9 Å². The van der Waals surface area contributed by atoms with Gasteiger partial charge in [-0.15, -0.1) is 0 Å². The summed E-state index contributed by atoms with van der Waals surface area (Å²) in [4.78, 5) is 0. The van der Waals surface area contributed by atoms with E-state index in [2.05, 4.69) is 13.8 Å². The van der Waals surface area contributed by atoms with Crippen LogP contribution in [0.1, 0.15) is 20.3 Å². The molecule has 0 aromatic heterocycles. The topological polar surface area (TPSA) is 29.5 Å². The van der Waals surface area contributed by atoms with Gasteiger partial charge in [-0.2, -0.15) is 11.8 Å². The van der Waals surface area contributed by atoms with Crippen molar-refractivity contribution in [2.75, 3.05) is 19.0 Å². The second-order valence-corrected chi connectivity index (χ2v) is 4.80. The van der Waals surface area contributed by atoms with Gasteiger partial charge >= 0.3 is 0 Å². The summed E-state index contributed by atoms with van der Waals surface area (Å²) in [5.41, 5.74) is 0. The summed E-state index contributed by atoms with van der Waals surface area (Å²) in [5, 5.41) is 9.48. The molecule has 1 heterocycles. The molecule has 1 aliphatic rings. The zero-order chi connectivity index (χ0) is 8.97. The molecule has 12 heavy (non-hydrogen) atoms. The van der Waals surface area contributed by atoms with E-state index in [-0.39, 0.29) is 0 Å². The Balaban J connectivity index is 2.13. The van der Waals surface area contributed by atoms with Crippen LogP contribution in [0.25, 0.3) is 0 Å². The van der Waals surface area contributed by atoms with Crippen LogP contribution in [0.15, 0.2) is 0 Å². The van der Waals surface area contributed by atoms with Crippen LogP contribution in [-0.4, -0.2) is 35.4 Å². The van der Waals surface area contributed by atoms with Gasteiger partial charge in [-0.1, -0.05) is 6.92 Å². The molecule has 1 saturated heterocycles. The Morgan fingerprint density at radius 3 is 2.92 bits per heavy atom. The molecule has 1 aliphatic heterocycles. The van der Waals surface area contributed by atoms with Crippen molar-refractivity contribution < 1.29 is 9.84 Å². The molecule has 0 spiro atoms. The number of hydrogen-bond donors (Lipinski definition) is 1. The highest BCUT2D eigenvalue weighted by molar-refractivity contribution is 7.99. The molecule has 0 bridgehead atoms. The number of hydrogen-bond acceptors (Lipinski definition) is 3. The number of aliphatic hydroxyl groups is 1. The second kappa shape index (κ2) is 5.10. The van der Waals surface area contributed by atoms with Gasteiger partial charge in [0.05, 0.1) is 6.10 Å². The predicted molar refractivity (Wildman–Crippen MR) is 52.5 cm³/mol. The summed E-state index contributed by atoms with van der Waals surface area (Å²) >= 11 is 1.94. The minimum absolute atomic E-state index is 0.301. The van der Waals surface area contributed by atoms with Crippen LogP contribution in [0.2, 0.25) is 0 Å². The molecule has 3 atom stereocenters. The second-order valence-electron chi connectivity index (χ2n) is 3.52. The third-order valence-corrected chi connectivity index (χ3v) is 4.02. The highest BCUT2D eigenvalue weighted by Gasteiger charge is 2.24. The van der Waals surface area contributed by atoms with Crippen molar-refractivity contribution in [2.24, 2.45) is 5.92 Å². The first-order chi connectivity index (χ1) is 5.74. The number of rotatable bonds is 4. The third-order valence-electron chi connectivity index (χ3n) is 2.21. The average Bonchev–Trinajstić information content (AvgIpc) is 2.47. The molecule has 0 radical (unpaired) electrons. The molecule has 0 aromatic rings. The van der Waals surface area contributed by atoms with Gasteiger partial charge in [0.15, 0.2) is 0 Å². The van der Waals surface area contributed by atoms with Crippen molar-refractivity contribution in [2.45, 2.75) is 31.6 Å². The lowest BCUT2D eigenvalue weighted by Crippen LogP contribution is -2.16. The zero-order valence-electron chi connectivity index (χ0n) is 7.82. The lowest BCUT2D eigenvalue weighted by atomic mass is 10.2. The number of aliphatic hydroxyl groups excluding tert-OH is 1. The standard InChI is InChI=1S/C9H18O2S/c1-7(5-10)6-12-9-3-4-11-8(9)2/h7-10H,3-6H2,1-2H3. The van der Waals surface area contributed by atoms with Crippen molar-refractivity contribution >= 4 is 11.8 Å². The maximum Gasteiger partial charge on any atom is 0.0666 e. The van der Waals surface area contributed by atoms with Crippen LogP contribution in [0.4, 0.5) is 0 Å². The van der Waals surface area contributed by atoms with Crippen LogP contribution < -0.4 is 0 Å². The van der Waals surface area contributed by atoms with Gasteiger partial charge in [0.1, 0.15) is 0 Å². The van der Waals surface area contributed by atoms with Gasteiger partial charge in [0, 0.05) is 18.5 Å². The Bertz CT molecular complexity index is 130. The lowest BCUT2D eigenvalue weighted by molar-refractivity contribution is 0.127. The van der Waals surface area contributed by atoms with E-state index in [0.717, 1.165) is 12.4 Å². The van der Waals surface area contributed by atoms with Gasteiger partial charge in [-0.3, -0.25) is 0 Å². The molecule has 72 valence electrons. The molecule has 1 fully saturated rings. The van der Waals surface area contributed by atoms with E-state index < -0.39 is 0 Å². The minimum Gasteiger partial charge on any atom is -0.396 e. The Kier molecular flexibility index (Phi) is 4.40. The van der Waals surface area contributed by atoms with Crippen molar-refractivity contribution in [3.05, 3.63) is 0 Å². The van der Waals surface area contributed by atoms with Gasteiger partial charge in [0.25, 0.3) is 0 Å². The van der Waals surface area contributed by atoms with E-state index >= 15 is 0 Å². The van der Waals surface area contributed by atoms with Gasteiger partial charge in [-0.25, -0.2) is 0 Å². The van der Waals surface area contributed by atoms with E-state index in [1.807, 2.05) is 11.8 Å². The van der Waals surface area contributed by atoms with Crippen molar-refractivity contribution in [1.82, 2.24) is 0 Å². The predicted octanol–water partition coefficient (Wildman–Crippen LogP) is 1.53. The van der Waals surface area contributed by atoms with Crippen LogP contribution in [0, 0.1) is 5.92 Å². The Hall–Kier alpha value is 0.270. The summed E-state index contributed by atoms with van der Waals surface area (Å²) in [6.07, 6.45) is 1.57. The summed E-state index contributed by atoms with van der Waals surface area (Å²) in [6, 6.07) is 0. The molecule has 1 rings (SSSR count). The fourth-order valence-corrected chi connectivity index (χ4v) is 2.57. The maximum atomic E-state index is 8.83. The van der Waals surface area contributed by atoms with Gasteiger partial charge in [0.2, 0.25) is 0 Å². The van der Waals surface area contributed by atoms with E-state index in [1.165, 1.54) is 6.42 Å². The molecule has 0 aromatic carbocycles. The van der Waals surface area contributed by atoms with Crippen molar-refractivity contribution in [3.63, 3.8) is 0 Å². The van der Waals surface area contributed by atoms with Gasteiger partial charge in [-0.05, 0) is 25.0 Å². The molecule has 0 saturated carbocycles. The van der Waals surface area contributed by atoms with Gasteiger partial charge < -0.3 is 9.84 Å². The quantitative estimate of drug-likeness (QED) is 0.729. The SMILES string of the molecule is CC(CO)CSC1CCOC1C. The average molecular weight is 190 g/mol. The molecular weight excluding hydrogens is 172 g/mol. The fraction of sp³-hybridized carbons (Fsp3) is 1.00. The summed E-state index contributed by atoms with van der Waals surface area (Å²) < 4.78 is 5.45. The van der Waals surface area contributed by atoms with E-state index in [9.17, 15) is 0 Å². The maximum absolute atomic E-state index is 8.83. The Morgan fingerprint density at radius 1 is 1.67 bits per heavy atom. The highest BCUT2D eigenvalue weighted by atomic mass is 32.2. The monoisotopic (exact) mass is 190 g/mol. The molecule has 0 aliphatic carbocycles. The third kappa shape index (κ3) is 2.96. The van der Waals surface area contributed by atoms with E-state index in [4.69, 9.17) is 9.84 Å². The molecule has 3 heteroatoms. The van der Waals surface area contributed by atoms with E-state index in [1.54, 1.807) is 0 Å². The number of ether oxygens (including phenoxy) is 1. The van der Waals surface area contributed by atoms with Crippen molar-refractivity contribution in [1.29, 1.82) is 0 Å². The Morgan fingerprint density at radius 2 is 2.42 bits per heavy atom. The Labute approximate surface area is 78.7 Å². The smallest absolute Gasteiger partial charge is 0.0666 e. The minimum atomic E-state index is 0.301. The summed E-state index contributed by atoms with van der Waals surface area (Å²) in [5.74, 6) is 1.47. The first-order valence-corrected chi connectivity index (χ1v) is 5.63.